The molecule has 0 radical (unpaired) electrons. The summed E-state index contributed by atoms with van der Waals surface area (Å²) in [5, 5.41) is 10.2. The van der Waals surface area contributed by atoms with E-state index in [1.807, 2.05) is 48.5 Å². The second kappa shape index (κ2) is 7.32. The third-order valence-corrected chi connectivity index (χ3v) is 4.34. The van der Waals surface area contributed by atoms with Crippen molar-refractivity contribution in [3.8, 4) is 0 Å². The highest BCUT2D eigenvalue weighted by molar-refractivity contribution is 5.95. The lowest BCUT2D eigenvalue weighted by atomic mass is 10.1. The second-order valence-electron chi connectivity index (χ2n) is 6.03. The second-order valence-corrected chi connectivity index (χ2v) is 6.03. The number of rotatable bonds is 5. The van der Waals surface area contributed by atoms with Crippen LogP contribution in [0.25, 0.3) is 6.08 Å². The van der Waals surface area contributed by atoms with Crippen molar-refractivity contribution in [2.45, 2.75) is 25.4 Å². The molecule has 0 unspecified atom stereocenters. The third-order valence-electron chi connectivity index (χ3n) is 4.34. The van der Waals surface area contributed by atoms with Crippen LogP contribution < -0.4 is 10.6 Å². The summed E-state index contributed by atoms with van der Waals surface area (Å²) in [7, 11) is 0. The van der Waals surface area contributed by atoms with Crippen LogP contribution in [-0.2, 0) is 11.2 Å². The monoisotopic (exact) mass is 322 g/mol. The van der Waals surface area contributed by atoms with Crippen molar-refractivity contribution in [1.82, 2.24) is 0 Å². The molecule has 2 aromatic carbocycles. The van der Waals surface area contributed by atoms with Gasteiger partial charge >= 0.3 is 0 Å². The van der Waals surface area contributed by atoms with Crippen LogP contribution in [0.1, 0.15) is 24.0 Å². The Labute approximate surface area is 142 Å². The number of hydrogen-bond acceptors (Lipinski definition) is 3. The predicted octanol–water partition coefficient (Wildman–Crippen LogP) is 2.72. The van der Waals surface area contributed by atoms with E-state index in [1.165, 1.54) is 5.56 Å². The summed E-state index contributed by atoms with van der Waals surface area (Å²) in [6, 6.07) is 17.6. The molecule has 0 aliphatic carbocycles. The first-order chi connectivity index (χ1) is 11.6. The maximum absolute atomic E-state index is 12.4. The minimum atomic E-state index is -0.813. The van der Waals surface area contributed by atoms with E-state index in [2.05, 4.69) is 6.07 Å². The molecular weight excluding hydrogens is 300 g/mol. The molecular formula is C20H22N2O2. The highest BCUT2D eigenvalue weighted by Crippen LogP contribution is 2.28. The number of carbonyl (C=O) groups excluding carboxylic acids is 1. The summed E-state index contributed by atoms with van der Waals surface area (Å²) < 4.78 is 0. The number of fused-ring (bicyclic) bond motifs is 1. The van der Waals surface area contributed by atoms with Crippen LogP contribution in [-0.4, -0.2) is 23.7 Å². The fraction of sp³-hybridized carbons (Fsp3) is 0.250. The summed E-state index contributed by atoms with van der Waals surface area (Å²) in [5.41, 5.74) is 9.47. The van der Waals surface area contributed by atoms with Crippen molar-refractivity contribution in [3.05, 3.63) is 71.4 Å². The van der Waals surface area contributed by atoms with E-state index in [9.17, 15) is 9.90 Å². The van der Waals surface area contributed by atoms with E-state index in [-0.39, 0.29) is 12.3 Å². The summed E-state index contributed by atoms with van der Waals surface area (Å²) in [6.07, 6.45) is 2.43. The Balaban J connectivity index is 1.58. The number of para-hydroxylation sites is 1. The largest absolute Gasteiger partial charge is 0.400 e. The van der Waals surface area contributed by atoms with E-state index in [0.29, 0.717) is 18.7 Å². The van der Waals surface area contributed by atoms with Gasteiger partial charge in [-0.05, 0) is 36.1 Å². The van der Waals surface area contributed by atoms with Gasteiger partial charge in [0.15, 0.2) is 0 Å². The van der Waals surface area contributed by atoms with Crippen LogP contribution in [0.2, 0.25) is 0 Å². The lowest BCUT2D eigenvalue weighted by Gasteiger charge is -2.18. The van der Waals surface area contributed by atoms with Crippen molar-refractivity contribution in [2.24, 2.45) is 5.73 Å². The Bertz CT molecular complexity index is 740. The summed E-state index contributed by atoms with van der Waals surface area (Å²) in [4.78, 5) is 14.3. The van der Waals surface area contributed by atoms with Crippen molar-refractivity contribution in [1.29, 1.82) is 0 Å². The molecule has 3 N–H and O–H groups in total. The highest BCUT2D eigenvalue weighted by atomic mass is 16.3. The van der Waals surface area contributed by atoms with Gasteiger partial charge in [-0.3, -0.25) is 4.79 Å². The minimum absolute atomic E-state index is 0.0338. The van der Waals surface area contributed by atoms with Crippen LogP contribution in [0.3, 0.4) is 0 Å². The molecule has 2 aromatic rings. The molecule has 1 amide bonds. The number of hydrogen-bond donors (Lipinski definition) is 2. The molecule has 0 aromatic heterocycles. The van der Waals surface area contributed by atoms with Gasteiger partial charge in [0.05, 0.1) is 6.10 Å². The molecule has 0 saturated heterocycles. The fourth-order valence-corrected chi connectivity index (χ4v) is 3.00. The number of nitrogens with two attached hydrogens (primary N) is 1. The van der Waals surface area contributed by atoms with Crippen LogP contribution in [0.4, 0.5) is 5.69 Å². The Morgan fingerprint density at radius 3 is 2.67 bits per heavy atom. The van der Waals surface area contributed by atoms with Crippen molar-refractivity contribution >= 4 is 17.7 Å². The van der Waals surface area contributed by atoms with Gasteiger partial charge in [-0.1, -0.05) is 48.5 Å². The predicted molar refractivity (Wildman–Crippen MR) is 96.3 cm³/mol. The molecule has 1 heterocycles. The third kappa shape index (κ3) is 3.66. The summed E-state index contributed by atoms with van der Waals surface area (Å²) in [5.74, 6) is 0.0338. The quantitative estimate of drug-likeness (QED) is 0.889. The molecule has 3 rings (SSSR count). The first kappa shape index (κ1) is 16.3. The number of amides is 1. The van der Waals surface area contributed by atoms with Crippen LogP contribution in [0.5, 0.6) is 0 Å². The first-order valence-corrected chi connectivity index (χ1v) is 8.23. The minimum Gasteiger partial charge on any atom is -0.400 e. The van der Waals surface area contributed by atoms with Crippen molar-refractivity contribution in [2.75, 3.05) is 11.4 Å². The van der Waals surface area contributed by atoms with E-state index >= 15 is 0 Å². The highest BCUT2D eigenvalue weighted by Gasteiger charge is 2.24. The average Bonchev–Trinajstić information content (AvgIpc) is 3.04. The zero-order valence-corrected chi connectivity index (χ0v) is 13.6. The number of nitrogens with zero attached hydrogens (tertiary/aromatic N) is 1. The maximum atomic E-state index is 12.4. The van der Waals surface area contributed by atoms with Crippen molar-refractivity contribution in [3.63, 3.8) is 0 Å². The SMILES string of the molecule is N/C(=C\c1ccccc1)[C@@H](O)CCC(=O)N1CCc2ccccc21. The van der Waals surface area contributed by atoms with Gasteiger partial charge < -0.3 is 15.7 Å². The van der Waals surface area contributed by atoms with Crippen LogP contribution in [0, 0.1) is 0 Å². The van der Waals surface area contributed by atoms with Gasteiger partial charge in [-0.2, -0.15) is 0 Å². The van der Waals surface area contributed by atoms with Crippen molar-refractivity contribution < 1.29 is 9.90 Å². The summed E-state index contributed by atoms with van der Waals surface area (Å²) >= 11 is 0. The zero-order chi connectivity index (χ0) is 16.9. The number of benzene rings is 2. The first-order valence-electron chi connectivity index (χ1n) is 8.23. The normalized spacial score (nSPS) is 15.2. The molecule has 0 saturated carbocycles. The molecule has 4 nitrogen and oxygen atoms in total. The molecule has 1 aliphatic heterocycles. The Hall–Kier alpha value is -2.59. The van der Waals surface area contributed by atoms with E-state index in [0.717, 1.165) is 17.7 Å². The molecule has 4 heteroatoms. The lowest BCUT2D eigenvalue weighted by Crippen LogP contribution is -2.30. The molecule has 24 heavy (non-hydrogen) atoms. The molecule has 124 valence electrons. The van der Waals surface area contributed by atoms with Gasteiger partial charge in [-0.25, -0.2) is 0 Å². The summed E-state index contributed by atoms with van der Waals surface area (Å²) in [6.45, 7) is 0.712. The zero-order valence-electron chi connectivity index (χ0n) is 13.6. The topological polar surface area (TPSA) is 66.6 Å². The van der Waals surface area contributed by atoms with Gasteiger partial charge in [0.2, 0.25) is 5.91 Å². The number of aliphatic hydroxyl groups excluding tert-OH is 1. The molecule has 1 aliphatic rings. The molecule has 1 atom stereocenters. The lowest BCUT2D eigenvalue weighted by molar-refractivity contribution is -0.119. The fourth-order valence-electron chi connectivity index (χ4n) is 3.00. The van der Waals surface area contributed by atoms with Gasteiger partial charge in [-0.15, -0.1) is 0 Å². The Morgan fingerprint density at radius 1 is 1.17 bits per heavy atom. The number of aliphatic hydroxyl groups is 1. The Morgan fingerprint density at radius 2 is 1.88 bits per heavy atom. The van der Waals surface area contributed by atoms with E-state index < -0.39 is 6.10 Å². The number of anilines is 1. The molecule has 0 fully saturated rings. The molecule has 0 bridgehead atoms. The average molecular weight is 322 g/mol. The van der Waals surface area contributed by atoms with Crippen LogP contribution in [0.15, 0.2) is 60.3 Å². The van der Waals surface area contributed by atoms with Crippen LogP contribution >= 0.6 is 0 Å². The maximum Gasteiger partial charge on any atom is 0.227 e. The van der Waals surface area contributed by atoms with E-state index in [4.69, 9.17) is 5.73 Å². The Kier molecular flexibility index (Phi) is 4.96. The van der Waals surface area contributed by atoms with Gasteiger partial charge in [0.1, 0.15) is 0 Å². The van der Waals surface area contributed by atoms with Gasteiger partial charge in [0.25, 0.3) is 0 Å². The number of carbonyl (C=O) groups is 1. The van der Waals surface area contributed by atoms with E-state index in [1.54, 1.807) is 11.0 Å². The van der Waals surface area contributed by atoms with Gasteiger partial charge in [0, 0.05) is 24.4 Å². The standard InChI is InChI=1S/C20H22N2O2/c21-17(14-15-6-2-1-3-7-15)19(23)10-11-20(24)22-13-12-16-8-4-5-9-18(16)22/h1-9,14,19,23H,10-13,21H2/b17-14-/t19-/m0/s1. The molecule has 0 spiro atoms. The smallest absolute Gasteiger partial charge is 0.227 e.